The Balaban J connectivity index is 1.57. The second kappa shape index (κ2) is 7.96. The quantitative estimate of drug-likeness (QED) is 0.391. The molecule has 3 aromatic carbocycles. The summed E-state index contributed by atoms with van der Waals surface area (Å²) in [5.41, 5.74) is 5.28. The summed E-state index contributed by atoms with van der Waals surface area (Å²) >= 11 is 0. The molecule has 1 aromatic heterocycles. The lowest BCUT2D eigenvalue weighted by Crippen LogP contribution is -2.26. The molecule has 4 aromatic rings. The van der Waals surface area contributed by atoms with Crippen LogP contribution in [0.15, 0.2) is 77.0 Å². The van der Waals surface area contributed by atoms with Gasteiger partial charge < -0.3 is 9.72 Å². The van der Waals surface area contributed by atoms with E-state index in [1.54, 1.807) is 26.3 Å². The van der Waals surface area contributed by atoms with E-state index in [0.29, 0.717) is 4.90 Å². The van der Waals surface area contributed by atoms with Crippen LogP contribution in [0.5, 0.6) is 5.75 Å². The third-order valence-corrected chi connectivity index (χ3v) is 8.80. The summed E-state index contributed by atoms with van der Waals surface area (Å²) in [6.45, 7) is 4.01. The first-order chi connectivity index (χ1) is 15.8. The van der Waals surface area contributed by atoms with Crippen molar-refractivity contribution >= 4 is 31.7 Å². The number of aromatic amines is 1. The van der Waals surface area contributed by atoms with Gasteiger partial charge in [-0.15, -0.1) is 0 Å². The molecule has 1 aliphatic rings. The fourth-order valence-electron chi connectivity index (χ4n) is 5.11. The van der Waals surface area contributed by atoms with Crippen molar-refractivity contribution in [3.8, 4) is 5.75 Å². The lowest BCUT2D eigenvalue weighted by atomic mass is 9.92. The van der Waals surface area contributed by atoms with Crippen molar-refractivity contribution in [1.82, 2.24) is 9.29 Å². The highest BCUT2D eigenvalue weighted by atomic mass is 32.2. The molecule has 0 unspecified atom stereocenters. The lowest BCUT2D eigenvalue weighted by Gasteiger charge is -2.22. The number of rotatable bonds is 5. The lowest BCUT2D eigenvalue weighted by molar-refractivity contribution is 0.420. The Hall–Kier alpha value is -3.25. The number of nitrogens with zero attached hydrogens (tertiary/aromatic N) is 1. The van der Waals surface area contributed by atoms with Crippen LogP contribution in [0.25, 0.3) is 21.7 Å². The Morgan fingerprint density at radius 1 is 1.00 bits per heavy atom. The Kier molecular flexibility index (Phi) is 5.20. The van der Waals surface area contributed by atoms with Gasteiger partial charge in [0, 0.05) is 41.0 Å². The molecule has 0 saturated carbocycles. The van der Waals surface area contributed by atoms with E-state index in [2.05, 4.69) is 36.3 Å². The Morgan fingerprint density at radius 3 is 2.39 bits per heavy atom. The minimum absolute atomic E-state index is 0.148. The monoisotopic (exact) mass is 460 g/mol. The Bertz CT molecular complexity index is 1500. The fourth-order valence-corrected chi connectivity index (χ4v) is 6.44. The van der Waals surface area contributed by atoms with Gasteiger partial charge in [-0.1, -0.05) is 42.0 Å². The molecule has 0 radical (unpaired) electrons. The van der Waals surface area contributed by atoms with Gasteiger partial charge >= 0.3 is 0 Å². The first kappa shape index (κ1) is 21.6. The molecule has 1 heterocycles. The number of ether oxygens (including phenoxy) is 1. The minimum atomic E-state index is -3.60. The van der Waals surface area contributed by atoms with Crippen LogP contribution in [0.2, 0.25) is 0 Å². The number of hydrogen-bond donors (Lipinski definition) is 1. The van der Waals surface area contributed by atoms with Crippen molar-refractivity contribution in [1.29, 1.82) is 0 Å². The third kappa shape index (κ3) is 3.40. The summed E-state index contributed by atoms with van der Waals surface area (Å²) in [6.07, 6.45) is 3.66. The molecule has 1 N–H and O–H groups in total. The molecule has 33 heavy (non-hydrogen) atoms. The van der Waals surface area contributed by atoms with Crippen LogP contribution in [-0.2, 0) is 10.0 Å². The average molecular weight is 461 g/mol. The highest BCUT2D eigenvalue weighted by Gasteiger charge is 2.32. The van der Waals surface area contributed by atoms with Crippen LogP contribution >= 0.6 is 0 Å². The van der Waals surface area contributed by atoms with Crippen LogP contribution in [0.4, 0.5) is 0 Å². The van der Waals surface area contributed by atoms with Crippen molar-refractivity contribution in [3.05, 3.63) is 83.2 Å². The number of H-pyrrole nitrogens is 1. The predicted octanol–water partition coefficient (Wildman–Crippen LogP) is 6.11. The van der Waals surface area contributed by atoms with Gasteiger partial charge in [-0.2, -0.15) is 0 Å². The highest BCUT2D eigenvalue weighted by molar-refractivity contribution is 7.89. The average Bonchev–Trinajstić information content (AvgIpc) is 3.41. The van der Waals surface area contributed by atoms with Gasteiger partial charge in [0.2, 0.25) is 0 Å². The molecule has 170 valence electrons. The molecule has 6 heteroatoms. The number of nitrogens with one attached hydrogen (secondary N) is 1. The highest BCUT2D eigenvalue weighted by Crippen LogP contribution is 2.45. The molecular formula is C27H28N2O3S. The molecule has 0 amide bonds. The molecule has 0 fully saturated rings. The minimum Gasteiger partial charge on any atom is -0.496 e. The molecular weight excluding hydrogens is 432 g/mol. The standard InChI is InChI=1S/C27H28N2O3S/c1-17-9-11-19(12-10-17)33(30,31)29(3)25-14-13-20(18(25)2)24-16-28-27-22-8-6-5-7-21(22)26(32-4)15-23(24)27/h5-12,15-16,20,28H,13-14H2,1-4H3/t20-/m1/s1. The number of aryl methyl sites for hydroxylation is 1. The maximum Gasteiger partial charge on any atom is 0.263 e. The van der Waals surface area contributed by atoms with E-state index < -0.39 is 10.0 Å². The summed E-state index contributed by atoms with van der Waals surface area (Å²) in [7, 11) is -0.232. The zero-order chi connectivity index (χ0) is 23.3. The Labute approximate surface area is 194 Å². The largest absolute Gasteiger partial charge is 0.496 e. The van der Waals surface area contributed by atoms with Gasteiger partial charge in [0.05, 0.1) is 17.5 Å². The van der Waals surface area contributed by atoms with Gasteiger partial charge in [0.15, 0.2) is 0 Å². The van der Waals surface area contributed by atoms with Crippen LogP contribution in [-0.4, -0.2) is 31.9 Å². The number of hydrogen-bond acceptors (Lipinski definition) is 3. The van der Waals surface area contributed by atoms with E-state index in [-0.39, 0.29) is 5.92 Å². The molecule has 0 aliphatic heterocycles. The van der Waals surface area contributed by atoms with Crippen LogP contribution < -0.4 is 4.74 Å². The first-order valence-electron chi connectivity index (χ1n) is 11.1. The molecule has 5 rings (SSSR count). The molecule has 1 aliphatic carbocycles. The van der Waals surface area contributed by atoms with Gasteiger partial charge in [0.25, 0.3) is 10.0 Å². The zero-order valence-corrected chi connectivity index (χ0v) is 20.2. The summed E-state index contributed by atoms with van der Waals surface area (Å²) in [4.78, 5) is 3.80. The predicted molar refractivity (Wildman–Crippen MR) is 133 cm³/mol. The second-order valence-electron chi connectivity index (χ2n) is 8.80. The van der Waals surface area contributed by atoms with Crippen molar-refractivity contribution < 1.29 is 13.2 Å². The third-order valence-electron chi connectivity index (χ3n) is 6.99. The van der Waals surface area contributed by atoms with E-state index in [1.165, 1.54) is 9.87 Å². The fraction of sp³-hybridized carbons (Fsp3) is 0.259. The number of benzene rings is 3. The number of allylic oxidation sites excluding steroid dienone is 2. The number of sulfonamides is 1. The van der Waals surface area contributed by atoms with Gasteiger partial charge in [-0.3, -0.25) is 4.31 Å². The maximum atomic E-state index is 13.3. The second-order valence-corrected chi connectivity index (χ2v) is 10.8. The van der Waals surface area contributed by atoms with E-state index in [4.69, 9.17) is 4.74 Å². The van der Waals surface area contributed by atoms with E-state index in [1.807, 2.05) is 31.2 Å². The van der Waals surface area contributed by atoms with Crippen molar-refractivity contribution in [3.63, 3.8) is 0 Å². The number of fused-ring (bicyclic) bond motifs is 3. The van der Waals surface area contributed by atoms with Crippen molar-refractivity contribution in [2.45, 2.75) is 37.5 Å². The van der Waals surface area contributed by atoms with Gasteiger partial charge in [-0.25, -0.2) is 8.42 Å². The normalized spacial score (nSPS) is 16.7. The summed E-state index contributed by atoms with van der Waals surface area (Å²) in [6, 6.07) is 17.4. The Morgan fingerprint density at radius 2 is 1.70 bits per heavy atom. The van der Waals surface area contributed by atoms with Crippen LogP contribution in [0.3, 0.4) is 0 Å². The maximum absolute atomic E-state index is 13.3. The van der Waals surface area contributed by atoms with E-state index in [0.717, 1.165) is 57.1 Å². The van der Waals surface area contributed by atoms with Crippen molar-refractivity contribution in [2.24, 2.45) is 0 Å². The number of methoxy groups -OCH3 is 1. The molecule has 0 saturated heterocycles. The van der Waals surface area contributed by atoms with Crippen molar-refractivity contribution in [2.75, 3.05) is 14.2 Å². The smallest absolute Gasteiger partial charge is 0.263 e. The van der Waals surface area contributed by atoms with Gasteiger partial charge in [-0.05, 0) is 56.0 Å². The molecule has 5 nitrogen and oxygen atoms in total. The van der Waals surface area contributed by atoms with Gasteiger partial charge in [0.1, 0.15) is 5.75 Å². The summed E-state index contributed by atoms with van der Waals surface area (Å²) < 4.78 is 33.7. The molecule has 0 bridgehead atoms. The zero-order valence-electron chi connectivity index (χ0n) is 19.3. The van der Waals surface area contributed by atoms with E-state index in [9.17, 15) is 8.42 Å². The van der Waals surface area contributed by atoms with Crippen LogP contribution in [0, 0.1) is 6.92 Å². The number of aromatic nitrogens is 1. The molecule has 1 atom stereocenters. The topological polar surface area (TPSA) is 62.4 Å². The summed E-state index contributed by atoms with van der Waals surface area (Å²) in [5, 5.41) is 3.32. The van der Waals surface area contributed by atoms with Crippen LogP contribution in [0.1, 0.15) is 36.8 Å². The van der Waals surface area contributed by atoms with E-state index >= 15 is 0 Å². The first-order valence-corrected chi connectivity index (χ1v) is 12.6. The SMILES string of the molecule is COc1cc2c([C@@H]3CCC(N(C)S(=O)(=O)c4ccc(C)cc4)=C3C)c[nH]c2c2ccccc12. The molecule has 0 spiro atoms. The summed E-state index contributed by atoms with van der Waals surface area (Å²) in [5.74, 6) is 0.994.